The molecular weight excluding hydrogens is 585 g/mol. The fraction of sp³-hybridized carbons (Fsp3) is 0.435. The van der Waals surface area contributed by atoms with Gasteiger partial charge in [-0.25, -0.2) is 14.1 Å². The van der Waals surface area contributed by atoms with Crippen molar-refractivity contribution in [3.8, 4) is 5.75 Å². The van der Waals surface area contributed by atoms with Gasteiger partial charge < -0.3 is 29.9 Å². The number of fused-ring (bicyclic) bond motifs is 1. The lowest BCUT2D eigenvalue weighted by Crippen LogP contribution is -2.38. The molecule has 1 aliphatic heterocycles. The summed E-state index contributed by atoms with van der Waals surface area (Å²) in [5.74, 6) is -0.221. The van der Waals surface area contributed by atoms with Gasteiger partial charge in [-0.15, -0.1) is 0 Å². The number of carbonyl (C=O) groups excluding carboxylic acids is 1. The number of rotatable bonds is 10. The molecule has 0 saturated carbocycles. The van der Waals surface area contributed by atoms with Crippen LogP contribution in [0.2, 0.25) is 0 Å². The predicted molar refractivity (Wildman–Crippen MR) is 139 cm³/mol. The van der Waals surface area contributed by atoms with Crippen LogP contribution in [0, 0.1) is 0 Å². The molecule has 6 atom stereocenters. The van der Waals surface area contributed by atoms with Gasteiger partial charge in [-0.2, -0.15) is 10.2 Å². The minimum atomic E-state index is -4.20. The molecule has 4 rings (SSSR count). The molecule has 38 heavy (non-hydrogen) atoms. The van der Waals surface area contributed by atoms with Gasteiger partial charge in [0.2, 0.25) is 0 Å². The molecule has 1 saturated heterocycles. The second kappa shape index (κ2) is 11.7. The Morgan fingerprint density at radius 2 is 1.97 bits per heavy atom. The van der Waals surface area contributed by atoms with Crippen molar-refractivity contribution in [1.82, 2.24) is 19.7 Å². The van der Waals surface area contributed by atoms with Crippen molar-refractivity contribution in [2.75, 3.05) is 12.3 Å². The maximum absolute atomic E-state index is 13.7. The van der Waals surface area contributed by atoms with Crippen molar-refractivity contribution >= 4 is 41.0 Å². The number of anilines is 1. The first-order valence-corrected chi connectivity index (χ1v) is 14.1. The van der Waals surface area contributed by atoms with Crippen molar-refractivity contribution < 1.29 is 38.1 Å². The Hall–Kier alpha value is -2.58. The van der Waals surface area contributed by atoms with Gasteiger partial charge in [0.15, 0.2) is 5.82 Å². The van der Waals surface area contributed by atoms with Gasteiger partial charge in [-0.3, -0.25) is 9.32 Å². The summed E-state index contributed by atoms with van der Waals surface area (Å²) in [6.07, 6.45) is -4.03. The first-order valence-electron chi connectivity index (χ1n) is 11.8. The van der Waals surface area contributed by atoms with E-state index in [2.05, 4.69) is 31.1 Å². The van der Waals surface area contributed by atoms with Crippen molar-refractivity contribution in [1.29, 1.82) is 0 Å². The lowest BCUT2D eigenvalue weighted by molar-refractivity contribution is -0.149. The van der Waals surface area contributed by atoms with E-state index in [1.807, 2.05) is 0 Å². The number of aromatic nitrogens is 3. The van der Waals surface area contributed by atoms with Crippen LogP contribution in [0.4, 0.5) is 5.82 Å². The lowest BCUT2D eigenvalue weighted by Gasteiger charge is -2.25. The van der Waals surface area contributed by atoms with Gasteiger partial charge in [-0.1, -0.05) is 18.2 Å². The lowest BCUT2D eigenvalue weighted by atomic mass is 10.1. The summed E-state index contributed by atoms with van der Waals surface area (Å²) in [4.78, 5) is 16.3. The molecule has 3 aromatic rings. The Bertz CT molecular complexity index is 1330. The van der Waals surface area contributed by atoms with Gasteiger partial charge in [0.25, 0.3) is 0 Å². The molecule has 3 heterocycles. The number of nitrogens with one attached hydrogen (secondary N) is 1. The third kappa shape index (κ3) is 6.18. The van der Waals surface area contributed by atoms with Crippen LogP contribution >= 0.6 is 23.7 Å². The molecule has 1 fully saturated rings. The molecule has 206 valence electrons. The van der Waals surface area contributed by atoms with Crippen molar-refractivity contribution in [2.24, 2.45) is 0 Å². The van der Waals surface area contributed by atoms with E-state index in [-0.39, 0.29) is 17.7 Å². The van der Waals surface area contributed by atoms with E-state index in [1.165, 1.54) is 17.8 Å². The largest absolute Gasteiger partial charge is 0.462 e. The van der Waals surface area contributed by atoms with Crippen LogP contribution in [0.25, 0.3) is 5.52 Å². The number of aliphatic hydroxyl groups is 2. The van der Waals surface area contributed by atoms with Gasteiger partial charge in [0.1, 0.15) is 48.1 Å². The average Bonchev–Trinajstić information content (AvgIpc) is 3.34. The highest BCUT2D eigenvalue weighted by Gasteiger charge is 2.46. The number of hydrogen-bond donors (Lipinski definition) is 4. The minimum absolute atomic E-state index is 0.209. The summed E-state index contributed by atoms with van der Waals surface area (Å²) in [7, 11) is -4.20. The molecule has 6 unspecified atom stereocenters. The number of hydrogen-bond acceptors (Lipinski definition) is 11. The van der Waals surface area contributed by atoms with Gasteiger partial charge >= 0.3 is 13.7 Å². The molecule has 0 amide bonds. The summed E-state index contributed by atoms with van der Waals surface area (Å²) in [5.41, 5.74) is 6.82. The number of halogens is 1. The molecule has 0 aliphatic carbocycles. The highest BCUT2D eigenvalue weighted by Crippen LogP contribution is 2.46. The van der Waals surface area contributed by atoms with E-state index in [0.717, 1.165) is 0 Å². The Kier molecular flexibility index (Phi) is 8.72. The Morgan fingerprint density at radius 3 is 2.66 bits per heavy atom. The van der Waals surface area contributed by atoms with Gasteiger partial charge in [-0.05, 0) is 54.9 Å². The minimum Gasteiger partial charge on any atom is -0.462 e. The van der Waals surface area contributed by atoms with E-state index in [0.29, 0.717) is 15.7 Å². The van der Waals surface area contributed by atoms with Crippen molar-refractivity contribution in [3.63, 3.8) is 0 Å². The third-order valence-electron chi connectivity index (χ3n) is 5.65. The van der Waals surface area contributed by atoms with Crippen molar-refractivity contribution in [2.45, 2.75) is 57.3 Å². The van der Waals surface area contributed by atoms with E-state index in [4.69, 9.17) is 24.3 Å². The monoisotopic (exact) mass is 613 g/mol. The third-order valence-corrected chi connectivity index (χ3v) is 7.90. The van der Waals surface area contributed by atoms with E-state index >= 15 is 0 Å². The number of ether oxygens (including phenoxy) is 2. The van der Waals surface area contributed by atoms with Crippen LogP contribution in [0.1, 0.15) is 32.6 Å². The topological polar surface area (TPSA) is 180 Å². The second-order valence-corrected chi connectivity index (χ2v) is 11.5. The quantitative estimate of drug-likeness (QED) is 0.194. The maximum Gasteiger partial charge on any atom is 0.459 e. The SMILES string of the molecule is CC(C)OC(=O)C(C)NP(=O)(OCC1OC(c2cc(Br)c3c(N)ncnn23)C(O)C1O)Oc1ccccc1. The highest BCUT2D eigenvalue weighted by molar-refractivity contribution is 9.10. The molecular formula is C23H29BrN5O8P. The first-order chi connectivity index (χ1) is 18.0. The summed E-state index contributed by atoms with van der Waals surface area (Å²) >= 11 is 3.40. The molecule has 1 aliphatic rings. The number of nitrogens with two attached hydrogens (primary N) is 1. The number of esters is 1. The summed E-state index contributed by atoms with van der Waals surface area (Å²) in [5, 5.41) is 28.2. The second-order valence-electron chi connectivity index (χ2n) is 8.93. The molecule has 2 aromatic heterocycles. The van der Waals surface area contributed by atoms with Gasteiger partial charge in [0.05, 0.1) is 18.4 Å². The highest BCUT2D eigenvalue weighted by atomic mass is 79.9. The van der Waals surface area contributed by atoms with E-state index in [9.17, 15) is 19.6 Å². The Balaban J connectivity index is 1.52. The predicted octanol–water partition coefficient (Wildman–Crippen LogP) is 2.37. The first kappa shape index (κ1) is 28.4. The number of aliphatic hydroxyl groups excluding tert-OH is 2. The molecule has 0 radical (unpaired) electrons. The van der Waals surface area contributed by atoms with Crippen LogP contribution in [0.3, 0.4) is 0 Å². The Labute approximate surface area is 227 Å². The zero-order chi connectivity index (χ0) is 27.6. The summed E-state index contributed by atoms with van der Waals surface area (Å²) in [6, 6.07) is 8.85. The van der Waals surface area contributed by atoms with Gasteiger partial charge in [0, 0.05) is 4.47 Å². The number of para-hydroxylation sites is 1. The van der Waals surface area contributed by atoms with Crippen LogP contribution in [0.15, 0.2) is 47.2 Å². The number of benzene rings is 1. The molecule has 15 heteroatoms. The zero-order valence-corrected chi connectivity index (χ0v) is 23.3. The summed E-state index contributed by atoms with van der Waals surface area (Å²) in [6.45, 7) is 4.39. The maximum atomic E-state index is 13.7. The van der Waals surface area contributed by atoms with Crippen LogP contribution in [-0.2, 0) is 23.4 Å². The molecule has 5 N–H and O–H groups in total. The van der Waals surface area contributed by atoms with E-state index in [1.54, 1.807) is 50.2 Å². The summed E-state index contributed by atoms with van der Waals surface area (Å²) < 4.78 is 38.0. The standard InChI is InChI=1S/C23H29BrN5O8P/c1-12(2)35-23(32)13(3)28-38(33,37-14-7-5-4-6-8-14)34-10-17-19(30)20(31)21(36-17)16-9-15(24)18-22(25)26-11-27-29(16)18/h4-9,11-13,17,19-21,30-31H,10H2,1-3H3,(H,28,33)(H2,25,26,27). The van der Waals surface area contributed by atoms with Crippen molar-refractivity contribution in [3.05, 3.63) is 52.9 Å². The number of nitrogens with zero attached hydrogens (tertiary/aromatic N) is 3. The fourth-order valence-corrected chi connectivity index (χ4v) is 5.99. The van der Waals surface area contributed by atoms with Crippen LogP contribution in [0.5, 0.6) is 5.75 Å². The normalized spacial score (nSPS) is 23.9. The van der Waals surface area contributed by atoms with E-state index < -0.39 is 50.8 Å². The number of carbonyl (C=O) groups is 1. The zero-order valence-electron chi connectivity index (χ0n) is 20.8. The molecule has 13 nitrogen and oxygen atoms in total. The van der Waals surface area contributed by atoms with Crippen LogP contribution < -0.4 is 15.3 Å². The molecule has 0 spiro atoms. The smallest absolute Gasteiger partial charge is 0.459 e. The number of nitrogen functional groups attached to an aromatic ring is 1. The molecule has 1 aromatic carbocycles. The average molecular weight is 614 g/mol. The fourth-order valence-electron chi connectivity index (χ4n) is 3.89. The van der Waals surface area contributed by atoms with Crippen LogP contribution in [-0.4, -0.2) is 67.8 Å². The molecule has 0 bridgehead atoms. The Morgan fingerprint density at radius 1 is 1.26 bits per heavy atom.